The maximum Gasteiger partial charge on any atom is 0.257 e. The molecule has 1 aliphatic carbocycles. The number of carbonyl (C=O) groups excluding carboxylic acids is 2. The van der Waals surface area contributed by atoms with Gasteiger partial charge in [0.15, 0.2) is 0 Å². The highest BCUT2D eigenvalue weighted by Crippen LogP contribution is 2.41. The van der Waals surface area contributed by atoms with E-state index in [1.54, 1.807) is 0 Å². The van der Waals surface area contributed by atoms with Crippen LogP contribution in [0.4, 0.5) is 5.00 Å². The fourth-order valence-corrected chi connectivity index (χ4v) is 5.69. The van der Waals surface area contributed by atoms with Gasteiger partial charge >= 0.3 is 0 Å². The van der Waals surface area contributed by atoms with Crippen molar-refractivity contribution >= 4 is 28.2 Å². The van der Waals surface area contributed by atoms with Crippen LogP contribution in [0.1, 0.15) is 54.4 Å². The molecule has 160 valence electrons. The van der Waals surface area contributed by atoms with Gasteiger partial charge in [0.25, 0.3) is 5.91 Å². The largest absolute Gasteiger partial charge is 0.378 e. The Morgan fingerprint density at radius 3 is 2.53 bits per heavy atom. The number of anilines is 1. The molecule has 6 heteroatoms. The average molecular weight is 427 g/mol. The van der Waals surface area contributed by atoms with Crippen LogP contribution in [0, 0.1) is 12.8 Å². The molecule has 1 saturated heterocycles. The highest BCUT2D eigenvalue weighted by atomic mass is 32.1. The van der Waals surface area contributed by atoms with Crippen LogP contribution in [0.2, 0.25) is 0 Å². The third-order valence-corrected chi connectivity index (χ3v) is 7.46. The summed E-state index contributed by atoms with van der Waals surface area (Å²) in [5.41, 5.74) is 2.64. The first-order valence-electron chi connectivity index (χ1n) is 11.0. The van der Waals surface area contributed by atoms with Crippen LogP contribution in [0.15, 0.2) is 30.3 Å². The van der Waals surface area contributed by atoms with E-state index in [1.807, 2.05) is 42.2 Å². The molecule has 30 heavy (non-hydrogen) atoms. The summed E-state index contributed by atoms with van der Waals surface area (Å²) in [6.07, 6.45) is 6.51. The quantitative estimate of drug-likeness (QED) is 0.699. The number of nitrogens with one attached hydrogen (secondary N) is 1. The monoisotopic (exact) mass is 426 g/mol. The Morgan fingerprint density at radius 1 is 1.13 bits per heavy atom. The molecule has 1 N–H and O–H groups in total. The van der Waals surface area contributed by atoms with Crippen molar-refractivity contribution in [2.24, 2.45) is 5.92 Å². The molecule has 2 aliphatic rings. The average Bonchev–Trinajstić information content (AvgIpc) is 3.41. The summed E-state index contributed by atoms with van der Waals surface area (Å²) in [7, 11) is 0. The van der Waals surface area contributed by atoms with E-state index in [2.05, 4.69) is 5.32 Å². The van der Waals surface area contributed by atoms with Gasteiger partial charge in [0.05, 0.1) is 18.8 Å². The van der Waals surface area contributed by atoms with Crippen molar-refractivity contribution in [3.8, 4) is 10.4 Å². The van der Waals surface area contributed by atoms with E-state index in [0.29, 0.717) is 49.2 Å². The zero-order valence-electron chi connectivity index (χ0n) is 17.6. The standard InChI is InChI=1S/C24H30N2O3S/c1-17-21(24(28)26-13-15-29-16-14-26)23(30-22(17)19-9-3-2-4-10-19)25-20(27)12-11-18-7-5-6-8-18/h2-4,9-10,18H,5-8,11-16H2,1H3,(H,25,27). The van der Waals surface area contributed by atoms with Gasteiger partial charge in [-0.05, 0) is 30.4 Å². The van der Waals surface area contributed by atoms with Crippen LogP contribution < -0.4 is 5.32 Å². The Bertz CT molecular complexity index is 881. The second-order valence-electron chi connectivity index (χ2n) is 8.27. The Labute approximate surface area is 182 Å². The van der Waals surface area contributed by atoms with Gasteiger partial charge in [-0.25, -0.2) is 0 Å². The minimum absolute atomic E-state index is 0.0128. The molecule has 1 aromatic heterocycles. The van der Waals surface area contributed by atoms with E-state index in [-0.39, 0.29) is 11.8 Å². The smallest absolute Gasteiger partial charge is 0.257 e. The van der Waals surface area contributed by atoms with Gasteiger partial charge in [-0.3, -0.25) is 9.59 Å². The second kappa shape index (κ2) is 9.75. The van der Waals surface area contributed by atoms with Gasteiger partial charge in [-0.15, -0.1) is 11.3 Å². The number of benzene rings is 1. The fraction of sp³-hybridized carbons (Fsp3) is 0.500. The highest BCUT2D eigenvalue weighted by molar-refractivity contribution is 7.20. The summed E-state index contributed by atoms with van der Waals surface area (Å²) in [6.45, 7) is 4.28. The Kier molecular flexibility index (Phi) is 6.85. The first-order chi connectivity index (χ1) is 14.6. The SMILES string of the molecule is Cc1c(-c2ccccc2)sc(NC(=O)CCC2CCCC2)c1C(=O)N1CCOCC1. The van der Waals surface area contributed by atoms with Crippen molar-refractivity contribution in [3.63, 3.8) is 0 Å². The number of rotatable bonds is 6. The van der Waals surface area contributed by atoms with Crippen molar-refractivity contribution in [2.75, 3.05) is 31.6 Å². The molecule has 2 fully saturated rings. The predicted octanol–water partition coefficient (Wildman–Crippen LogP) is 5.10. The molecule has 0 atom stereocenters. The lowest BCUT2D eigenvalue weighted by atomic mass is 10.0. The third-order valence-electron chi connectivity index (χ3n) is 6.20. The zero-order valence-corrected chi connectivity index (χ0v) is 18.4. The topological polar surface area (TPSA) is 58.6 Å². The first-order valence-corrected chi connectivity index (χ1v) is 11.8. The first kappa shape index (κ1) is 21.1. The van der Waals surface area contributed by atoms with Crippen molar-refractivity contribution in [1.29, 1.82) is 0 Å². The number of morpholine rings is 1. The molecular weight excluding hydrogens is 396 g/mol. The Morgan fingerprint density at radius 2 is 1.83 bits per heavy atom. The molecule has 0 radical (unpaired) electrons. The number of amides is 2. The highest BCUT2D eigenvalue weighted by Gasteiger charge is 2.28. The summed E-state index contributed by atoms with van der Waals surface area (Å²) >= 11 is 1.51. The zero-order chi connectivity index (χ0) is 20.9. The summed E-state index contributed by atoms with van der Waals surface area (Å²) in [4.78, 5) is 29.0. The minimum Gasteiger partial charge on any atom is -0.378 e. The summed E-state index contributed by atoms with van der Waals surface area (Å²) in [5.74, 6) is 0.675. The van der Waals surface area contributed by atoms with Crippen molar-refractivity contribution in [1.82, 2.24) is 4.90 Å². The van der Waals surface area contributed by atoms with Crippen molar-refractivity contribution < 1.29 is 14.3 Å². The number of hydrogen-bond acceptors (Lipinski definition) is 4. The van der Waals surface area contributed by atoms with Gasteiger partial charge in [0, 0.05) is 24.4 Å². The van der Waals surface area contributed by atoms with E-state index in [1.165, 1.54) is 37.0 Å². The van der Waals surface area contributed by atoms with E-state index in [0.717, 1.165) is 22.4 Å². The van der Waals surface area contributed by atoms with Gasteiger partial charge < -0.3 is 15.0 Å². The van der Waals surface area contributed by atoms with Gasteiger partial charge in [-0.2, -0.15) is 0 Å². The van der Waals surface area contributed by atoms with Crippen LogP contribution in [0.5, 0.6) is 0 Å². The molecule has 4 rings (SSSR count). The van der Waals surface area contributed by atoms with Crippen LogP contribution in [-0.4, -0.2) is 43.0 Å². The lowest BCUT2D eigenvalue weighted by Crippen LogP contribution is -2.41. The molecule has 1 aliphatic heterocycles. The molecule has 2 heterocycles. The fourth-order valence-electron chi connectivity index (χ4n) is 4.47. The Hall–Kier alpha value is -2.18. The molecule has 1 saturated carbocycles. The lowest BCUT2D eigenvalue weighted by molar-refractivity contribution is -0.116. The Balaban J connectivity index is 1.58. The molecule has 5 nitrogen and oxygen atoms in total. The molecule has 2 amide bonds. The van der Waals surface area contributed by atoms with E-state index in [4.69, 9.17) is 4.74 Å². The molecule has 0 unspecified atom stereocenters. The lowest BCUT2D eigenvalue weighted by Gasteiger charge is -2.27. The summed E-state index contributed by atoms with van der Waals surface area (Å²) < 4.78 is 5.40. The molecule has 0 bridgehead atoms. The molecule has 0 spiro atoms. The second-order valence-corrected chi connectivity index (χ2v) is 9.29. The third kappa shape index (κ3) is 4.76. The number of nitrogens with zero attached hydrogens (tertiary/aromatic N) is 1. The number of carbonyl (C=O) groups is 2. The maximum absolute atomic E-state index is 13.4. The van der Waals surface area contributed by atoms with Crippen molar-refractivity contribution in [2.45, 2.75) is 45.4 Å². The van der Waals surface area contributed by atoms with Gasteiger partial charge in [0.2, 0.25) is 5.91 Å². The number of hydrogen-bond donors (Lipinski definition) is 1. The number of ether oxygens (including phenoxy) is 1. The van der Waals surface area contributed by atoms with Crippen LogP contribution in [0.3, 0.4) is 0 Å². The van der Waals surface area contributed by atoms with Gasteiger partial charge in [-0.1, -0.05) is 56.0 Å². The predicted molar refractivity (Wildman–Crippen MR) is 121 cm³/mol. The van der Waals surface area contributed by atoms with Crippen molar-refractivity contribution in [3.05, 3.63) is 41.5 Å². The minimum atomic E-state index is -0.0136. The van der Waals surface area contributed by atoms with Crippen LogP contribution in [-0.2, 0) is 9.53 Å². The molecular formula is C24H30N2O3S. The van der Waals surface area contributed by atoms with Crippen LogP contribution in [0.25, 0.3) is 10.4 Å². The maximum atomic E-state index is 13.4. The van der Waals surface area contributed by atoms with E-state index in [9.17, 15) is 9.59 Å². The normalized spacial score (nSPS) is 17.3. The molecule has 2 aromatic rings. The van der Waals surface area contributed by atoms with Gasteiger partial charge in [0.1, 0.15) is 5.00 Å². The van der Waals surface area contributed by atoms with E-state index >= 15 is 0 Å². The van der Waals surface area contributed by atoms with E-state index < -0.39 is 0 Å². The molecule has 1 aromatic carbocycles. The number of thiophene rings is 1. The summed E-state index contributed by atoms with van der Waals surface area (Å²) in [6, 6.07) is 10.1. The summed E-state index contributed by atoms with van der Waals surface area (Å²) in [5, 5.41) is 3.77. The van der Waals surface area contributed by atoms with Crippen LogP contribution >= 0.6 is 11.3 Å².